The Hall–Kier alpha value is -3.52. The number of aromatic amines is 1. The van der Waals surface area contributed by atoms with Gasteiger partial charge in [-0.1, -0.05) is 72.8 Å². The number of para-hydroxylation sites is 4. The number of hydrogen-bond donors (Lipinski definition) is 2. The van der Waals surface area contributed by atoms with Gasteiger partial charge in [0.15, 0.2) is 0 Å². The predicted molar refractivity (Wildman–Crippen MR) is 111 cm³/mol. The molecule has 2 N–H and O–H groups in total. The van der Waals surface area contributed by atoms with E-state index >= 15 is 0 Å². The van der Waals surface area contributed by atoms with E-state index in [0.29, 0.717) is 0 Å². The molecule has 124 valence electrons. The predicted octanol–water partition coefficient (Wildman–Crippen LogP) is 6.73. The van der Waals surface area contributed by atoms with E-state index in [1.807, 2.05) is 18.2 Å². The summed E-state index contributed by atoms with van der Waals surface area (Å²) in [5, 5.41) is 6.07. The molecule has 1 heterocycles. The van der Waals surface area contributed by atoms with E-state index in [0.717, 1.165) is 11.4 Å². The topological polar surface area (TPSA) is 27.8 Å². The molecule has 0 saturated heterocycles. The molecule has 0 fully saturated rings. The monoisotopic (exact) mass is 334 g/mol. The Bertz CT molecular complexity index is 1200. The van der Waals surface area contributed by atoms with Crippen molar-refractivity contribution >= 4 is 33.2 Å². The molecule has 5 aromatic rings. The van der Waals surface area contributed by atoms with Crippen LogP contribution in [-0.2, 0) is 0 Å². The fourth-order valence-electron chi connectivity index (χ4n) is 3.60. The highest BCUT2D eigenvalue weighted by molar-refractivity contribution is 6.12. The molecule has 26 heavy (non-hydrogen) atoms. The standard InChI is InChI=1S/C24H18N2/c1-2-9-17(10-3-1)25-22-15-6-4-11-18(22)20-13-8-14-21-19-12-5-7-16-23(19)26-24(20)21/h1-16,25-26H. The fourth-order valence-corrected chi connectivity index (χ4v) is 3.60. The molecule has 2 heteroatoms. The van der Waals surface area contributed by atoms with Crippen molar-refractivity contribution in [3.05, 3.63) is 97.1 Å². The number of nitrogens with one attached hydrogen (secondary N) is 2. The van der Waals surface area contributed by atoms with E-state index in [1.54, 1.807) is 0 Å². The van der Waals surface area contributed by atoms with Gasteiger partial charge in [0.25, 0.3) is 0 Å². The minimum atomic E-state index is 1.09. The van der Waals surface area contributed by atoms with Crippen molar-refractivity contribution < 1.29 is 0 Å². The van der Waals surface area contributed by atoms with Crippen LogP contribution in [0.15, 0.2) is 97.1 Å². The van der Waals surface area contributed by atoms with Crippen molar-refractivity contribution in [2.45, 2.75) is 0 Å². The molecule has 0 amide bonds. The third-order valence-electron chi connectivity index (χ3n) is 4.81. The third kappa shape index (κ3) is 2.44. The van der Waals surface area contributed by atoms with Gasteiger partial charge in [0.2, 0.25) is 0 Å². The largest absolute Gasteiger partial charge is 0.355 e. The number of benzene rings is 4. The third-order valence-corrected chi connectivity index (χ3v) is 4.81. The second-order valence-electron chi connectivity index (χ2n) is 6.44. The van der Waals surface area contributed by atoms with E-state index in [9.17, 15) is 0 Å². The molecule has 0 radical (unpaired) electrons. The summed E-state index contributed by atoms with van der Waals surface area (Å²) in [7, 11) is 0. The Morgan fingerprint density at radius 3 is 2.15 bits per heavy atom. The van der Waals surface area contributed by atoms with Crippen molar-refractivity contribution in [2.24, 2.45) is 0 Å². The van der Waals surface area contributed by atoms with Gasteiger partial charge < -0.3 is 10.3 Å². The summed E-state index contributed by atoms with van der Waals surface area (Å²) in [6.07, 6.45) is 0. The number of anilines is 2. The Labute approximate surface area is 152 Å². The maximum atomic E-state index is 3.61. The van der Waals surface area contributed by atoms with Crippen molar-refractivity contribution in [1.29, 1.82) is 0 Å². The highest BCUT2D eigenvalue weighted by Crippen LogP contribution is 2.37. The van der Waals surface area contributed by atoms with Crippen LogP contribution in [0.1, 0.15) is 0 Å². The number of rotatable bonds is 3. The van der Waals surface area contributed by atoms with Crippen LogP contribution in [0.2, 0.25) is 0 Å². The van der Waals surface area contributed by atoms with Gasteiger partial charge in [-0.3, -0.25) is 0 Å². The van der Waals surface area contributed by atoms with Gasteiger partial charge in [-0.15, -0.1) is 0 Å². The maximum Gasteiger partial charge on any atom is 0.0545 e. The number of H-pyrrole nitrogens is 1. The zero-order valence-corrected chi connectivity index (χ0v) is 14.2. The lowest BCUT2D eigenvalue weighted by Crippen LogP contribution is -1.93. The van der Waals surface area contributed by atoms with Gasteiger partial charge >= 0.3 is 0 Å². The van der Waals surface area contributed by atoms with Crippen molar-refractivity contribution in [1.82, 2.24) is 4.98 Å². The minimum Gasteiger partial charge on any atom is -0.355 e. The molecule has 1 aromatic heterocycles. The van der Waals surface area contributed by atoms with Gasteiger partial charge in [-0.2, -0.15) is 0 Å². The first kappa shape index (κ1) is 14.8. The molecule has 0 aliphatic heterocycles. The van der Waals surface area contributed by atoms with Crippen LogP contribution in [0, 0.1) is 0 Å². The lowest BCUT2D eigenvalue weighted by molar-refractivity contribution is 1.51. The van der Waals surface area contributed by atoms with Crippen LogP contribution in [0.5, 0.6) is 0 Å². The van der Waals surface area contributed by atoms with Crippen LogP contribution in [0.3, 0.4) is 0 Å². The lowest BCUT2D eigenvalue weighted by Gasteiger charge is -2.13. The first-order valence-corrected chi connectivity index (χ1v) is 8.81. The molecule has 0 bridgehead atoms. The first-order valence-electron chi connectivity index (χ1n) is 8.81. The van der Waals surface area contributed by atoms with E-state index in [2.05, 4.69) is 89.2 Å². The van der Waals surface area contributed by atoms with Crippen LogP contribution >= 0.6 is 0 Å². The maximum absolute atomic E-state index is 3.61. The Morgan fingerprint density at radius 1 is 0.538 bits per heavy atom. The van der Waals surface area contributed by atoms with Gasteiger partial charge in [0.05, 0.1) is 5.52 Å². The molecule has 0 aliphatic carbocycles. The Morgan fingerprint density at radius 2 is 1.23 bits per heavy atom. The summed E-state index contributed by atoms with van der Waals surface area (Å²) in [6, 6.07) is 33.7. The number of aromatic nitrogens is 1. The summed E-state index contributed by atoms with van der Waals surface area (Å²) >= 11 is 0. The first-order chi connectivity index (χ1) is 12.9. The SMILES string of the molecule is c1ccc(Nc2ccccc2-c2cccc3c2[nH]c2ccccc23)cc1. The molecule has 0 aliphatic rings. The number of hydrogen-bond acceptors (Lipinski definition) is 1. The van der Waals surface area contributed by atoms with Crippen LogP contribution < -0.4 is 5.32 Å². The molecular weight excluding hydrogens is 316 g/mol. The normalized spacial score (nSPS) is 11.1. The second-order valence-corrected chi connectivity index (χ2v) is 6.44. The quantitative estimate of drug-likeness (QED) is 0.376. The van der Waals surface area contributed by atoms with Gasteiger partial charge in [-0.25, -0.2) is 0 Å². The molecule has 4 aromatic carbocycles. The molecule has 5 rings (SSSR count). The fraction of sp³-hybridized carbons (Fsp3) is 0. The zero-order chi connectivity index (χ0) is 17.3. The molecule has 2 nitrogen and oxygen atoms in total. The van der Waals surface area contributed by atoms with Crippen molar-refractivity contribution in [2.75, 3.05) is 5.32 Å². The summed E-state index contributed by atoms with van der Waals surface area (Å²) in [4.78, 5) is 3.61. The average molecular weight is 334 g/mol. The molecule has 0 spiro atoms. The summed E-state index contributed by atoms with van der Waals surface area (Å²) < 4.78 is 0. The highest BCUT2D eigenvalue weighted by atomic mass is 14.9. The van der Waals surface area contributed by atoms with Crippen LogP contribution in [-0.4, -0.2) is 4.98 Å². The smallest absolute Gasteiger partial charge is 0.0545 e. The summed E-state index contributed by atoms with van der Waals surface area (Å²) in [6.45, 7) is 0. The van der Waals surface area contributed by atoms with Crippen LogP contribution in [0.4, 0.5) is 11.4 Å². The second kappa shape index (κ2) is 6.08. The van der Waals surface area contributed by atoms with E-state index in [-0.39, 0.29) is 0 Å². The number of fused-ring (bicyclic) bond motifs is 3. The van der Waals surface area contributed by atoms with Gasteiger partial charge in [0, 0.05) is 38.8 Å². The summed E-state index contributed by atoms with van der Waals surface area (Å²) in [5.74, 6) is 0. The van der Waals surface area contributed by atoms with Crippen molar-refractivity contribution in [3.63, 3.8) is 0 Å². The van der Waals surface area contributed by atoms with E-state index in [4.69, 9.17) is 0 Å². The lowest BCUT2D eigenvalue weighted by atomic mass is 10.00. The highest BCUT2D eigenvalue weighted by Gasteiger charge is 2.12. The molecule has 0 saturated carbocycles. The van der Waals surface area contributed by atoms with Gasteiger partial charge in [0.1, 0.15) is 0 Å². The molecule has 0 unspecified atom stereocenters. The Balaban J connectivity index is 1.71. The molecular formula is C24H18N2. The zero-order valence-electron chi connectivity index (χ0n) is 14.2. The minimum absolute atomic E-state index is 1.09. The van der Waals surface area contributed by atoms with E-state index in [1.165, 1.54) is 32.9 Å². The van der Waals surface area contributed by atoms with E-state index < -0.39 is 0 Å². The average Bonchev–Trinajstić information content (AvgIpc) is 3.08. The van der Waals surface area contributed by atoms with Crippen molar-refractivity contribution in [3.8, 4) is 11.1 Å². The molecule has 0 atom stereocenters. The Kier molecular flexibility index (Phi) is 3.46. The van der Waals surface area contributed by atoms with Gasteiger partial charge in [-0.05, 0) is 24.3 Å². The van der Waals surface area contributed by atoms with Crippen LogP contribution in [0.25, 0.3) is 32.9 Å². The summed E-state index contributed by atoms with van der Waals surface area (Å²) in [5.41, 5.74) is 6.93.